The molecule has 0 spiro atoms. The zero-order valence-corrected chi connectivity index (χ0v) is 13.0. The van der Waals surface area contributed by atoms with Crippen molar-refractivity contribution in [3.8, 4) is 0 Å². The molecule has 1 N–H and O–H groups in total. The number of hydrogen-bond donors (Lipinski definition) is 1. The molecular formula is C16H14NO5P. The summed E-state index contributed by atoms with van der Waals surface area (Å²) in [5.41, 5.74) is 1.20. The Bertz CT molecular complexity index is 770. The summed E-state index contributed by atoms with van der Waals surface area (Å²) in [6.45, 7) is -0.0716. The van der Waals surface area contributed by atoms with Gasteiger partial charge in [0.1, 0.15) is 6.29 Å². The first-order chi connectivity index (χ1) is 11.0. The van der Waals surface area contributed by atoms with Crippen LogP contribution < -0.4 is 0 Å². The van der Waals surface area contributed by atoms with Gasteiger partial charge < -0.3 is 9.42 Å². The maximum absolute atomic E-state index is 12.2. The molecule has 2 aromatic rings. The molecule has 2 amide bonds. The monoisotopic (exact) mass is 331 g/mol. The van der Waals surface area contributed by atoms with Crippen LogP contribution in [-0.4, -0.2) is 27.9 Å². The molecule has 1 aliphatic heterocycles. The van der Waals surface area contributed by atoms with Gasteiger partial charge in [-0.15, -0.1) is 0 Å². The van der Waals surface area contributed by atoms with Gasteiger partial charge in [-0.1, -0.05) is 42.5 Å². The zero-order chi connectivity index (χ0) is 16.4. The summed E-state index contributed by atoms with van der Waals surface area (Å²) in [5, 5.41) is 0. The van der Waals surface area contributed by atoms with Crippen LogP contribution >= 0.6 is 7.60 Å². The standard InChI is InChI=1S/C16H14NO5P/c18-15-13-8-4-5-9-14(13)16(19)17(15)11-23(20,21)22-10-12-6-2-1-3-7-12/h1-9H,10-11H2,(H,20,21). The first-order valence-electron chi connectivity index (χ1n) is 6.93. The van der Waals surface area contributed by atoms with E-state index in [4.69, 9.17) is 4.52 Å². The summed E-state index contributed by atoms with van der Waals surface area (Å²) >= 11 is 0. The first kappa shape index (κ1) is 15.6. The van der Waals surface area contributed by atoms with Crippen LogP contribution in [0, 0.1) is 0 Å². The number of carbonyl (C=O) groups excluding carboxylic acids is 2. The Morgan fingerprint density at radius 2 is 1.43 bits per heavy atom. The van der Waals surface area contributed by atoms with Crippen molar-refractivity contribution in [3.05, 3.63) is 71.3 Å². The maximum Gasteiger partial charge on any atom is 0.348 e. The Balaban J connectivity index is 1.70. The highest BCUT2D eigenvalue weighted by Crippen LogP contribution is 2.45. The fourth-order valence-electron chi connectivity index (χ4n) is 2.34. The second kappa shape index (κ2) is 6.08. The van der Waals surface area contributed by atoms with Crippen molar-refractivity contribution in [3.63, 3.8) is 0 Å². The Morgan fingerprint density at radius 1 is 0.913 bits per heavy atom. The lowest BCUT2D eigenvalue weighted by molar-refractivity contribution is 0.0665. The van der Waals surface area contributed by atoms with Gasteiger partial charge in [0.2, 0.25) is 0 Å². The molecule has 1 aliphatic rings. The van der Waals surface area contributed by atoms with E-state index in [0.29, 0.717) is 0 Å². The third kappa shape index (κ3) is 3.24. The van der Waals surface area contributed by atoms with E-state index in [2.05, 4.69) is 0 Å². The molecule has 0 aromatic heterocycles. The number of fused-ring (bicyclic) bond motifs is 1. The molecule has 1 unspecified atom stereocenters. The van der Waals surface area contributed by atoms with Crippen LogP contribution in [0.25, 0.3) is 0 Å². The second-order valence-corrected chi connectivity index (χ2v) is 6.94. The molecule has 0 radical (unpaired) electrons. The Hall–Kier alpha value is -2.27. The van der Waals surface area contributed by atoms with E-state index < -0.39 is 25.7 Å². The lowest BCUT2D eigenvalue weighted by Crippen LogP contribution is -2.31. The van der Waals surface area contributed by atoms with E-state index in [1.807, 2.05) is 6.07 Å². The van der Waals surface area contributed by atoms with E-state index in [1.54, 1.807) is 36.4 Å². The number of carbonyl (C=O) groups is 2. The minimum absolute atomic E-state index is 0.0716. The molecule has 0 saturated carbocycles. The van der Waals surface area contributed by atoms with E-state index >= 15 is 0 Å². The summed E-state index contributed by atoms with van der Waals surface area (Å²) in [7, 11) is -4.13. The second-order valence-electron chi connectivity index (χ2n) is 5.12. The molecule has 0 bridgehead atoms. The van der Waals surface area contributed by atoms with Crippen LogP contribution in [0.3, 0.4) is 0 Å². The van der Waals surface area contributed by atoms with Crippen LogP contribution in [0.15, 0.2) is 54.6 Å². The third-order valence-electron chi connectivity index (χ3n) is 3.47. The SMILES string of the molecule is O=C1c2ccccc2C(=O)N1CP(=O)(O)OCc1ccccc1. The molecular weight excluding hydrogens is 317 g/mol. The molecule has 1 heterocycles. The highest BCUT2D eigenvalue weighted by atomic mass is 31.2. The summed E-state index contributed by atoms with van der Waals surface area (Å²) in [4.78, 5) is 35.1. The van der Waals surface area contributed by atoms with E-state index in [-0.39, 0.29) is 17.7 Å². The van der Waals surface area contributed by atoms with Crippen molar-refractivity contribution < 1.29 is 23.6 Å². The van der Waals surface area contributed by atoms with Gasteiger partial charge in [-0.25, -0.2) is 0 Å². The van der Waals surface area contributed by atoms with Crippen LogP contribution in [0.2, 0.25) is 0 Å². The number of imide groups is 1. The maximum atomic E-state index is 12.2. The number of benzene rings is 2. The summed E-state index contributed by atoms with van der Waals surface area (Å²) in [6, 6.07) is 15.2. The average molecular weight is 331 g/mol. The van der Waals surface area contributed by atoms with E-state index in [1.165, 1.54) is 12.1 Å². The summed E-state index contributed by atoms with van der Waals surface area (Å²) in [6.07, 6.45) is -0.661. The van der Waals surface area contributed by atoms with Crippen molar-refractivity contribution in [1.29, 1.82) is 0 Å². The fraction of sp³-hybridized carbons (Fsp3) is 0.125. The van der Waals surface area contributed by atoms with Gasteiger partial charge in [0.25, 0.3) is 11.8 Å². The highest BCUT2D eigenvalue weighted by Gasteiger charge is 2.39. The molecule has 1 atom stereocenters. The van der Waals surface area contributed by atoms with Crippen LogP contribution in [-0.2, 0) is 15.7 Å². The molecule has 7 heteroatoms. The number of amides is 2. The molecule has 0 saturated heterocycles. The summed E-state index contributed by atoms with van der Waals surface area (Å²) < 4.78 is 17.2. The lowest BCUT2D eigenvalue weighted by Gasteiger charge is -2.18. The number of rotatable bonds is 5. The minimum Gasteiger partial charge on any atom is -0.323 e. The number of nitrogens with zero attached hydrogens (tertiary/aromatic N) is 1. The largest absolute Gasteiger partial charge is 0.348 e. The summed E-state index contributed by atoms with van der Waals surface area (Å²) in [5.74, 6) is -1.16. The average Bonchev–Trinajstić information content (AvgIpc) is 2.79. The molecule has 0 aliphatic carbocycles. The van der Waals surface area contributed by atoms with Crippen molar-refractivity contribution in [2.75, 3.05) is 6.29 Å². The van der Waals surface area contributed by atoms with Crippen LogP contribution in [0.5, 0.6) is 0 Å². The molecule has 118 valence electrons. The van der Waals surface area contributed by atoms with Crippen LogP contribution in [0.1, 0.15) is 26.3 Å². The Labute approximate surface area is 132 Å². The quantitative estimate of drug-likeness (QED) is 0.672. The molecule has 0 fully saturated rings. The van der Waals surface area contributed by atoms with Crippen molar-refractivity contribution in [2.45, 2.75) is 6.61 Å². The van der Waals surface area contributed by atoms with E-state index in [9.17, 15) is 19.0 Å². The van der Waals surface area contributed by atoms with Gasteiger partial charge in [-0.2, -0.15) is 0 Å². The predicted octanol–water partition coefficient (Wildman–Crippen LogP) is 2.64. The Kier molecular flexibility index (Phi) is 4.13. The smallest absolute Gasteiger partial charge is 0.323 e. The van der Waals surface area contributed by atoms with Gasteiger partial charge >= 0.3 is 7.60 Å². The fourth-order valence-corrected chi connectivity index (χ4v) is 3.38. The molecule has 23 heavy (non-hydrogen) atoms. The number of hydrogen-bond acceptors (Lipinski definition) is 4. The van der Waals surface area contributed by atoms with Crippen molar-refractivity contribution in [1.82, 2.24) is 4.90 Å². The Morgan fingerprint density at radius 3 is 2.00 bits per heavy atom. The molecule has 6 nitrogen and oxygen atoms in total. The zero-order valence-electron chi connectivity index (χ0n) is 12.1. The minimum atomic E-state index is -4.13. The van der Waals surface area contributed by atoms with Gasteiger partial charge in [0, 0.05) is 0 Å². The lowest BCUT2D eigenvalue weighted by atomic mass is 10.1. The van der Waals surface area contributed by atoms with Gasteiger partial charge in [-0.3, -0.25) is 19.1 Å². The van der Waals surface area contributed by atoms with Gasteiger partial charge in [0.15, 0.2) is 0 Å². The highest BCUT2D eigenvalue weighted by molar-refractivity contribution is 7.52. The molecule has 2 aromatic carbocycles. The van der Waals surface area contributed by atoms with Crippen molar-refractivity contribution in [2.24, 2.45) is 0 Å². The third-order valence-corrected chi connectivity index (χ3v) is 4.65. The van der Waals surface area contributed by atoms with Gasteiger partial charge in [-0.05, 0) is 17.7 Å². The normalized spacial score (nSPS) is 16.3. The van der Waals surface area contributed by atoms with E-state index in [0.717, 1.165) is 10.5 Å². The van der Waals surface area contributed by atoms with Gasteiger partial charge in [0.05, 0.1) is 17.7 Å². The van der Waals surface area contributed by atoms with Crippen molar-refractivity contribution >= 4 is 19.4 Å². The topological polar surface area (TPSA) is 83.9 Å². The predicted molar refractivity (Wildman–Crippen MR) is 82.9 cm³/mol. The van der Waals surface area contributed by atoms with Crippen LogP contribution in [0.4, 0.5) is 0 Å². The molecule has 3 rings (SSSR count). The first-order valence-corrected chi connectivity index (χ1v) is 8.70.